The van der Waals surface area contributed by atoms with Gasteiger partial charge in [-0.15, -0.1) is 5.10 Å². The summed E-state index contributed by atoms with van der Waals surface area (Å²) < 4.78 is 7.00. The summed E-state index contributed by atoms with van der Waals surface area (Å²) >= 11 is 0. The summed E-state index contributed by atoms with van der Waals surface area (Å²) in [6.07, 6.45) is 3.31. The van der Waals surface area contributed by atoms with Gasteiger partial charge in [0.1, 0.15) is 12.1 Å². The van der Waals surface area contributed by atoms with Crippen LogP contribution in [0.2, 0.25) is 0 Å². The van der Waals surface area contributed by atoms with Crippen molar-refractivity contribution in [3.05, 3.63) is 30.6 Å². The minimum absolute atomic E-state index is 0.116. The van der Waals surface area contributed by atoms with E-state index in [-0.39, 0.29) is 11.8 Å². The molecule has 0 N–H and O–H groups in total. The number of ether oxygens (including phenoxy) is 1. The second-order valence-corrected chi connectivity index (χ2v) is 7.40. The first-order valence-electron chi connectivity index (χ1n) is 10.4. The highest BCUT2D eigenvalue weighted by Gasteiger charge is 2.27. The van der Waals surface area contributed by atoms with E-state index in [0.29, 0.717) is 37.3 Å². The molecule has 0 radical (unpaired) electrons. The Balaban J connectivity index is 1.56. The standard InChI is InChI=1S/C21H27N7O2/c1-4-15(5-2)21(29)27-11-9-26(10-12-27)19-18-20(23-14-22-19)28(25-24-18)16-7-6-8-17(13-16)30-3/h6-8,13-15H,4-5,9-12H2,1-3H3. The van der Waals surface area contributed by atoms with E-state index in [2.05, 4.69) is 39.0 Å². The maximum atomic E-state index is 12.7. The Labute approximate surface area is 175 Å². The largest absolute Gasteiger partial charge is 0.497 e. The lowest BCUT2D eigenvalue weighted by Crippen LogP contribution is -2.50. The number of rotatable bonds is 6. The molecular weight excluding hydrogens is 382 g/mol. The van der Waals surface area contributed by atoms with Crippen molar-refractivity contribution >= 4 is 22.9 Å². The molecule has 3 aromatic rings. The molecule has 9 nitrogen and oxygen atoms in total. The molecule has 1 aromatic carbocycles. The van der Waals surface area contributed by atoms with Crippen molar-refractivity contribution in [3.8, 4) is 11.4 Å². The smallest absolute Gasteiger partial charge is 0.225 e. The van der Waals surface area contributed by atoms with Crippen molar-refractivity contribution in [2.24, 2.45) is 5.92 Å². The van der Waals surface area contributed by atoms with Crippen LogP contribution in [0.3, 0.4) is 0 Å². The number of nitrogens with zero attached hydrogens (tertiary/aromatic N) is 7. The molecule has 0 bridgehead atoms. The zero-order valence-electron chi connectivity index (χ0n) is 17.7. The minimum atomic E-state index is 0.116. The van der Waals surface area contributed by atoms with E-state index in [9.17, 15) is 4.79 Å². The van der Waals surface area contributed by atoms with Gasteiger partial charge in [0.15, 0.2) is 17.0 Å². The van der Waals surface area contributed by atoms with Crippen LogP contribution < -0.4 is 9.64 Å². The summed E-state index contributed by atoms with van der Waals surface area (Å²) in [7, 11) is 1.63. The second-order valence-electron chi connectivity index (χ2n) is 7.40. The zero-order chi connectivity index (χ0) is 21.1. The molecule has 0 spiro atoms. The number of carbonyl (C=O) groups is 1. The predicted octanol–water partition coefficient (Wildman–Crippen LogP) is 2.30. The molecule has 1 amide bonds. The highest BCUT2D eigenvalue weighted by molar-refractivity contribution is 5.84. The van der Waals surface area contributed by atoms with Crippen LogP contribution >= 0.6 is 0 Å². The summed E-state index contributed by atoms with van der Waals surface area (Å²) in [4.78, 5) is 25.7. The van der Waals surface area contributed by atoms with E-state index < -0.39 is 0 Å². The molecule has 1 aliphatic rings. The predicted molar refractivity (Wildman–Crippen MR) is 114 cm³/mol. The van der Waals surface area contributed by atoms with Crippen LogP contribution in [0.1, 0.15) is 26.7 Å². The Bertz CT molecular complexity index is 1020. The van der Waals surface area contributed by atoms with Gasteiger partial charge in [-0.25, -0.2) is 9.97 Å². The number of amides is 1. The average molecular weight is 409 g/mol. The van der Waals surface area contributed by atoms with Gasteiger partial charge >= 0.3 is 0 Å². The Hall–Kier alpha value is -3.23. The quantitative estimate of drug-likeness (QED) is 0.617. The maximum absolute atomic E-state index is 12.7. The number of benzene rings is 1. The molecule has 1 aliphatic heterocycles. The van der Waals surface area contributed by atoms with Crippen LogP contribution in [0.15, 0.2) is 30.6 Å². The molecule has 3 heterocycles. The Morgan fingerprint density at radius 3 is 2.60 bits per heavy atom. The van der Waals surface area contributed by atoms with Crippen LogP contribution in [-0.2, 0) is 4.79 Å². The first-order valence-corrected chi connectivity index (χ1v) is 10.4. The number of anilines is 1. The van der Waals surface area contributed by atoms with Gasteiger partial charge in [-0.3, -0.25) is 4.79 Å². The average Bonchev–Trinajstić information content (AvgIpc) is 3.24. The first kappa shape index (κ1) is 20.1. The van der Waals surface area contributed by atoms with Gasteiger partial charge in [0, 0.05) is 38.2 Å². The van der Waals surface area contributed by atoms with E-state index >= 15 is 0 Å². The molecule has 9 heteroatoms. The van der Waals surface area contributed by atoms with Gasteiger partial charge in [0.25, 0.3) is 0 Å². The number of hydrogen-bond acceptors (Lipinski definition) is 7. The fourth-order valence-electron chi connectivity index (χ4n) is 3.92. The number of methoxy groups -OCH3 is 1. The molecule has 0 atom stereocenters. The lowest BCUT2D eigenvalue weighted by molar-refractivity contribution is -0.136. The Kier molecular flexibility index (Phi) is 5.78. The summed E-state index contributed by atoms with van der Waals surface area (Å²) in [6, 6.07) is 7.60. The SMILES string of the molecule is CCC(CC)C(=O)N1CCN(c2ncnc3c2nnn3-c2cccc(OC)c2)CC1. The van der Waals surface area contributed by atoms with Crippen LogP contribution in [0.5, 0.6) is 5.75 Å². The van der Waals surface area contributed by atoms with Crippen molar-refractivity contribution in [2.45, 2.75) is 26.7 Å². The normalized spacial score (nSPS) is 14.5. The molecule has 2 aromatic heterocycles. The van der Waals surface area contributed by atoms with Gasteiger partial charge in [0.2, 0.25) is 5.91 Å². The van der Waals surface area contributed by atoms with Gasteiger partial charge < -0.3 is 14.5 Å². The molecule has 4 rings (SSSR count). The molecular formula is C21H27N7O2. The number of hydrogen-bond donors (Lipinski definition) is 0. The van der Waals surface area contributed by atoms with Gasteiger partial charge in [0.05, 0.1) is 12.8 Å². The van der Waals surface area contributed by atoms with E-state index in [0.717, 1.165) is 30.1 Å². The summed E-state index contributed by atoms with van der Waals surface area (Å²) in [6.45, 7) is 6.95. The third-order valence-corrected chi connectivity index (χ3v) is 5.74. The number of piperazine rings is 1. The number of carbonyl (C=O) groups excluding carboxylic acids is 1. The molecule has 0 unspecified atom stereocenters. The van der Waals surface area contributed by atoms with Crippen LogP contribution in [0.25, 0.3) is 16.9 Å². The molecule has 1 saturated heterocycles. The minimum Gasteiger partial charge on any atom is -0.497 e. The summed E-state index contributed by atoms with van der Waals surface area (Å²) in [5.41, 5.74) is 2.12. The lowest BCUT2D eigenvalue weighted by atomic mass is 10.0. The fraction of sp³-hybridized carbons (Fsp3) is 0.476. The summed E-state index contributed by atoms with van der Waals surface area (Å²) in [5.74, 6) is 1.87. The molecule has 0 aliphatic carbocycles. The monoisotopic (exact) mass is 409 g/mol. The second kappa shape index (κ2) is 8.64. The van der Waals surface area contributed by atoms with Crippen LogP contribution in [-0.4, -0.2) is 69.1 Å². The highest BCUT2D eigenvalue weighted by atomic mass is 16.5. The highest BCUT2D eigenvalue weighted by Crippen LogP contribution is 2.25. The third-order valence-electron chi connectivity index (χ3n) is 5.74. The summed E-state index contributed by atoms with van der Waals surface area (Å²) in [5, 5.41) is 8.66. The first-order chi connectivity index (χ1) is 14.7. The number of aromatic nitrogens is 5. The third kappa shape index (κ3) is 3.67. The van der Waals surface area contributed by atoms with E-state index in [4.69, 9.17) is 4.74 Å². The van der Waals surface area contributed by atoms with Crippen molar-refractivity contribution in [3.63, 3.8) is 0 Å². The van der Waals surface area contributed by atoms with Crippen LogP contribution in [0, 0.1) is 5.92 Å². The lowest BCUT2D eigenvalue weighted by Gasteiger charge is -2.36. The Morgan fingerprint density at radius 2 is 1.90 bits per heavy atom. The van der Waals surface area contributed by atoms with E-state index in [1.165, 1.54) is 0 Å². The van der Waals surface area contributed by atoms with Crippen molar-refractivity contribution in [1.29, 1.82) is 0 Å². The van der Waals surface area contributed by atoms with Crippen molar-refractivity contribution in [2.75, 3.05) is 38.2 Å². The van der Waals surface area contributed by atoms with Gasteiger partial charge in [-0.1, -0.05) is 25.1 Å². The van der Waals surface area contributed by atoms with E-state index in [1.54, 1.807) is 18.1 Å². The molecule has 158 valence electrons. The Morgan fingerprint density at radius 1 is 1.13 bits per heavy atom. The topological polar surface area (TPSA) is 89.3 Å². The molecule has 0 saturated carbocycles. The molecule has 30 heavy (non-hydrogen) atoms. The zero-order valence-corrected chi connectivity index (χ0v) is 17.7. The fourth-order valence-corrected chi connectivity index (χ4v) is 3.92. The maximum Gasteiger partial charge on any atom is 0.225 e. The van der Waals surface area contributed by atoms with Gasteiger partial charge in [-0.2, -0.15) is 4.68 Å². The van der Waals surface area contributed by atoms with Crippen molar-refractivity contribution < 1.29 is 9.53 Å². The van der Waals surface area contributed by atoms with Crippen LogP contribution in [0.4, 0.5) is 5.82 Å². The molecule has 1 fully saturated rings. The van der Waals surface area contributed by atoms with Crippen molar-refractivity contribution in [1.82, 2.24) is 29.9 Å². The van der Waals surface area contributed by atoms with Gasteiger partial charge in [-0.05, 0) is 25.0 Å². The number of fused-ring (bicyclic) bond motifs is 1. The van der Waals surface area contributed by atoms with E-state index in [1.807, 2.05) is 29.2 Å².